The fourth-order valence-corrected chi connectivity index (χ4v) is 6.24. The summed E-state index contributed by atoms with van der Waals surface area (Å²) in [6.45, 7) is 5.14. The molecule has 2 saturated carbocycles. The lowest BCUT2D eigenvalue weighted by atomic mass is 9.86. The molecule has 1 saturated heterocycles. The normalized spacial score (nSPS) is 24.3. The van der Waals surface area contributed by atoms with Crippen molar-refractivity contribution in [1.29, 1.82) is 0 Å². The number of carbonyl (C=O) groups is 1. The Balaban J connectivity index is 1.37. The fraction of sp³-hybridized carbons (Fsp3) is 0.679. The Hall–Kier alpha value is -2.21. The van der Waals surface area contributed by atoms with Crippen LogP contribution in [0, 0.1) is 25.7 Å². The molecule has 34 heavy (non-hydrogen) atoms. The van der Waals surface area contributed by atoms with Gasteiger partial charge in [-0.2, -0.15) is 0 Å². The van der Waals surface area contributed by atoms with E-state index in [9.17, 15) is 4.79 Å². The first-order chi connectivity index (χ1) is 16.5. The third-order valence-electron chi connectivity index (χ3n) is 8.33. The van der Waals surface area contributed by atoms with Crippen LogP contribution in [0.5, 0.6) is 0 Å². The minimum Gasteiger partial charge on any atom is -0.326 e. The van der Waals surface area contributed by atoms with Gasteiger partial charge in [-0.3, -0.25) is 9.69 Å². The van der Waals surface area contributed by atoms with Crippen molar-refractivity contribution in [2.45, 2.75) is 96.6 Å². The minimum atomic E-state index is -0.118. The second kappa shape index (κ2) is 10.2. The Bertz CT molecular complexity index is 1000. The van der Waals surface area contributed by atoms with E-state index in [2.05, 4.69) is 47.8 Å². The number of piperidine rings is 1. The van der Waals surface area contributed by atoms with Crippen LogP contribution in [-0.2, 0) is 11.2 Å². The van der Waals surface area contributed by atoms with Crippen molar-refractivity contribution in [2.24, 2.45) is 11.8 Å². The molecule has 6 nitrogen and oxygen atoms in total. The zero-order valence-electron chi connectivity index (χ0n) is 21.2. The van der Waals surface area contributed by atoms with E-state index in [1.54, 1.807) is 0 Å². The largest absolute Gasteiger partial charge is 0.326 e. The highest BCUT2D eigenvalue weighted by molar-refractivity contribution is 5.93. The average Bonchev–Trinajstić information content (AvgIpc) is 3.59. The first kappa shape index (κ1) is 23.5. The number of amides is 1. The molecule has 0 unspecified atom stereocenters. The highest BCUT2D eigenvalue weighted by Gasteiger charge is 2.41. The number of carbonyl (C=O) groups excluding carboxylic acids is 1. The van der Waals surface area contributed by atoms with Crippen molar-refractivity contribution in [3.8, 4) is 0 Å². The highest BCUT2D eigenvalue weighted by atomic mass is 16.2. The molecule has 6 heteroatoms. The topological polar surface area (TPSA) is 63.1 Å². The molecule has 1 amide bonds. The molecular weight excluding hydrogens is 422 g/mol. The van der Waals surface area contributed by atoms with E-state index in [0.29, 0.717) is 6.04 Å². The van der Waals surface area contributed by atoms with Crippen molar-refractivity contribution in [1.82, 2.24) is 19.7 Å². The zero-order chi connectivity index (χ0) is 23.7. The molecule has 0 bridgehead atoms. The Morgan fingerprint density at radius 3 is 2.56 bits per heavy atom. The van der Waals surface area contributed by atoms with Crippen molar-refractivity contribution in [3.05, 3.63) is 41.0 Å². The van der Waals surface area contributed by atoms with Gasteiger partial charge in [0, 0.05) is 18.2 Å². The third-order valence-corrected chi connectivity index (χ3v) is 8.33. The predicted octanol–water partition coefficient (Wildman–Crippen LogP) is 5.76. The van der Waals surface area contributed by atoms with Gasteiger partial charge in [0.05, 0.1) is 12.0 Å². The van der Waals surface area contributed by atoms with E-state index >= 15 is 0 Å². The Morgan fingerprint density at radius 2 is 1.82 bits per heavy atom. The monoisotopic (exact) mass is 463 g/mol. The van der Waals surface area contributed by atoms with Gasteiger partial charge >= 0.3 is 0 Å². The molecule has 2 atom stereocenters. The third kappa shape index (κ3) is 5.07. The van der Waals surface area contributed by atoms with Gasteiger partial charge in [0.1, 0.15) is 5.82 Å². The van der Waals surface area contributed by atoms with Crippen LogP contribution in [0.4, 0.5) is 5.69 Å². The first-order valence-electron chi connectivity index (χ1n) is 13.5. The van der Waals surface area contributed by atoms with Crippen LogP contribution >= 0.6 is 0 Å². The quantitative estimate of drug-likeness (QED) is 0.567. The number of aryl methyl sites for hydroxylation is 3. The number of nitrogens with one attached hydrogen (secondary N) is 1. The van der Waals surface area contributed by atoms with E-state index in [1.165, 1.54) is 56.9 Å². The molecule has 2 aliphatic carbocycles. The van der Waals surface area contributed by atoms with Crippen LogP contribution in [0.3, 0.4) is 0 Å². The number of rotatable bonds is 7. The lowest BCUT2D eigenvalue weighted by Gasteiger charge is -2.38. The van der Waals surface area contributed by atoms with Crippen LogP contribution in [0.2, 0.25) is 0 Å². The molecule has 184 valence electrons. The maximum atomic E-state index is 13.6. The van der Waals surface area contributed by atoms with E-state index in [0.717, 1.165) is 54.6 Å². The van der Waals surface area contributed by atoms with E-state index in [-0.39, 0.29) is 17.9 Å². The summed E-state index contributed by atoms with van der Waals surface area (Å²) in [5, 5.41) is 12.7. The maximum Gasteiger partial charge on any atom is 0.229 e. The van der Waals surface area contributed by atoms with Crippen LogP contribution in [-0.4, -0.2) is 39.2 Å². The van der Waals surface area contributed by atoms with Crippen LogP contribution in [0.25, 0.3) is 0 Å². The lowest BCUT2D eigenvalue weighted by Crippen LogP contribution is -2.43. The Morgan fingerprint density at radius 1 is 1.03 bits per heavy atom. The van der Waals surface area contributed by atoms with Gasteiger partial charge in [-0.25, -0.2) is 0 Å². The molecule has 3 aliphatic rings. The molecule has 0 spiro atoms. The molecule has 0 radical (unpaired) electrons. The van der Waals surface area contributed by atoms with Crippen LogP contribution < -0.4 is 5.32 Å². The summed E-state index contributed by atoms with van der Waals surface area (Å²) in [5.41, 5.74) is 3.24. The van der Waals surface area contributed by atoms with E-state index in [4.69, 9.17) is 10.2 Å². The summed E-state index contributed by atoms with van der Waals surface area (Å²) in [6.07, 6.45) is 13.5. The summed E-state index contributed by atoms with van der Waals surface area (Å²) < 4.78 is 2.44. The van der Waals surface area contributed by atoms with Gasteiger partial charge in [0.25, 0.3) is 0 Å². The standard InChI is InChI=1S/C28H41N5O/c1-19-11-15-24(20(2)18-19)29-28(34)23-10-7-17-32(3)26(23)27-31-30-25(33(27)22-13-14-22)16-12-21-8-5-4-6-9-21/h11,15,18,21-23,26H,4-10,12-14,16-17H2,1-3H3,(H,29,34)/t23-,26-/m0/s1. The summed E-state index contributed by atoms with van der Waals surface area (Å²) in [5.74, 6) is 3.00. The maximum absolute atomic E-state index is 13.6. The molecule has 1 aromatic carbocycles. The molecule has 3 fully saturated rings. The van der Waals surface area contributed by atoms with Gasteiger partial charge in [-0.15, -0.1) is 10.2 Å². The smallest absolute Gasteiger partial charge is 0.229 e. The Kier molecular flexibility index (Phi) is 7.05. The number of anilines is 1. The van der Waals surface area contributed by atoms with Gasteiger partial charge in [-0.1, -0.05) is 49.8 Å². The second-order valence-corrected chi connectivity index (χ2v) is 11.1. The van der Waals surface area contributed by atoms with Crippen molar-refractivity contribution in [2.75, 3.05) is 18.9 Å². The molecule has 5 rings (SSSR count). The fourth-order valence-electron chi connectivity index (χ4n) is 6.24. The van der Waals surface area contributed by atoms with Crippen LogP contribution in [0.15, 0.2) is 18.2 Å². The molecule has 1 aromatic heterocycles. The van der Waals surface area contributed by atoms with E-state index in [1.807, 2.05) is 6.07 Å². The van der Waals surface area contributed by atoms with Gasteiger partial charge < -0.3 is 9.88 Å². The minimum absolute atomic E-state index is 0.0176. The molecular formula is C28H41N5O. The SMILES string of the molecule is Cc1ccc(NC(=O)[C@H]2CCCN(C)[C@@H]2c2nnc(CCC3CCCCC3)n2C2CC2)c(C)c1. The molecule has 2 aromatic rings. The highest BCUT2D eigenvalue weighted by Crippen LogP contribution is 2.42. The number of hydrogen-bond donors (Lipinski definition) is 1. The van der Waals surface area contributed by atoms with Gasteiger partial charge in [-0.05, 0) is 77.1 Å². The average molecular weight is 464 g/mol. The number of aromatic nitrogens is 3. The van der Waals surface area contributed by atoms with Crippen molar-refractivity contribution < 1.29 is 4.79 Å². The van der Waals surface area contributed by atoms with Gasteiger partial charge in [0.2, 0.25) is 5.91 Å². The summed E-state index contributed by atoms with van der Waals surface area (Å²) >= 11 is 0. The van der Waals surface area contributed by atoms with E-state index < -0.39 is 0 Å². The number of nitrogens with zero attached hydrogens (tertiary/aromatic N) is 4. The number of benzene rings is 1. The second-order valence-electron chi connectivity index (χ2n) is 11.1. The summed E-state index contributed by atoms with van der Waals surface area (Å²) in [6, 6.07) is 6.72. The van der Waals surface area contributed by atoms with Gasteiger partial charge in [0.15, 0.2) is 5.82 Å². The summed E-state index contributed by atoms with van der Waals surface area (Å²) in [4.78, 5) is 15.9. The first-order valence-corrected chi connectivity index (χ1v) is 13.5. The van der Waals surface area contributed by atoms with Crippen molar-refractivity contribution >= 4 is 11.6 Å². The summed E-state index contributed by atoms with van der Waals surface area (Å²) in [7, 11) is 2.15. The molecule has 2 heterocycles. The zero-order valence-corrected chi connectivity index (χ0v) is 21.2. The predicted molar refractivity (Wildman–Crippen MR) is 136 cm³/mol. The lowest BCUT2D eigenvalue weighted by molar-refractivity contribution is -0.123. The Labute approximate surface area is 204 Å². The number of likely N-dealkylation sites (tertiary alicyclic amines) is 1. The van der Waals surface area contributed by atoms with Crippen molar-refractivity contribution in [3.63, 3.8) is 0 Å². The number of hydrogen-bond acceptors (Lipinski definition) is 4. The molecule has 1 aliphatic heterocycles. The van der Waals surface area contributed by atoms with Crippen LogP contribution in [0.1, 0.15) is 99.1 Å². The molecule has 1 N–H and O–H groups in total.